The monoisotopic (exact) mass is 330 g/mol. The predicted octanol–water partition coefficient (Wildman–Crippen LogP) is 4.57. The quantitative estimate of drug-likeness (QED) is 0.766. The maximum atomic E-state index is 4.39. The van der Waals surface area contributed by atoms with Crippen LogP contribution in [-0.4, -0.2) is 16.4 Å². The van der Waals surface area contributed by atoms with Crippen LogP contribution < -0.4 is 0 Å². The summed E-state index contributed by atoms with van der Waals surface area (Å²) in [6.07, 6.45) is 5.66. The van der Waals surface area contributed by atoms with Crippen LogP contribution in [0.25, 0.3) is 0 Å². The van der Waals surface area contributed by atoms with Gasteiger partial charge in [-0.3, -0.25) is 4.90 Å². The third-order valence-corrected chi connectivity index (χ3v) is 4.65. The molecular formula is C17H19BrN2. The average molecular weight is 331 g/mol. The topological polar surface area (TPSA) is 16.1 Å². The van der Waals surface area contributed by atoms with Crippen molar-refractivity contribution in [2.24, 2.45) is 0 Å². The number of hydrogen-bond acceptors (Lipinski definition) is 2. The largest absolute Gasteiger partial charge is 0.292 e. The molecule has 0 saturated carbocycles. The van der Waals surface area contributed by atoms with Crippen molar-refractivity contribution in [3.63, 3.8) is 0 Å². The van der Waals surface area contributed by atoms with E-state index in [-0.39, 0.29) is 0 Å². The first-order chi connectivity index (χ1) is 9.84. The summed E-state index contributed by atoms with van der Waals surface area (Å²) in [6.45, 7) is 2.19. The van der Waals surface area contributed by atoms with Crippen molar-refractivity contribution in [1.82, 2.24) is 9.88 Å². The summed E-state index contributed by atoms with van der Waals surface area (Å²) in [5, 5.41) is 0. The summed E-state index contributed by atoms with van der Waals surface area (Å²) in [5.74, 6) is 0. The Hall–Kier alpha value is -1.19. The fraction of sp³-hybridized carbons (Fsp3) is 0.353. The van der Waals surface area contributed by atoms with Gasteiger partial charge in [-0.15, -0.1) is 0 Å². The van der Waals surface area contributed by atoms with Crippen LogP contribution in [0, 0.1) is 0 Å². The standard InChI is InChI=1S/C17H19BrN2/c18-17-15(9-6-11-19-17)16-10-4-5-12-20(16)13-14-7-2-1-3-8-14/h1-3,6-9,11,16H,4-5,10,12-13H2/t16-/m0/s1. The highest BCUT2D eigenvalue weighted by atomic mass is 79.9. The molecule has 0 bridgehead atoms. The van der Waals surface area contributed by atoms with Gasteiger partial charge in [0, 0.05) is 24.3 Å². The summed E-state index contributed by atoms with van der Waals surface area (Å²) in [5.41, 5.74) is 2.71. The zero-order valence-electron chi connectivity index (χ0n) is 11.5. The molecule has 1 aromatic carbocycles. The highest BCUT2D eigenvalue weighted by molar-refractivity contribution is 9.10. The van der Waals surface area contributed by atoms with Crippen molar-refractivity contribution in [2.75, 3.05) is 6.54 Å². The molecule has 1 atom stereocenters. The van der Waals surface area contributed by atoms with Crippen molar-refractivity contribution >= 4 is 15.9 Å². The van der Waals surface area contributed by atoms with E-state index in [1.54, 1.807) is 0 Å². The van der Waals surface area contributed by atoms with Crippen molar-refractivity contribution in [3.05, 3.63) is 64.4 Å². The fourth-order valence-corrected chi connectivity index (χ4v) is 3.51. The number of benzene rings is 1. The summed E-state index contributed by atoms with van der Waals surface area (Å²) < 4.78 is 0.991. The zero-order chi connectivity index (χ0) is 13.8. The summed E-state index contributed by atoms with van der Waals surface area (Å²) in [7, 11) is 0. The molecule has 0 radical (unpaired) electrons. The molecule has 2 aromatic rings. The zero-order valence-corrected chi connectivity index (χ0v) is 13.1. The van der Waals surface area contributed by atoms with Crippen LogP contribution in [0.2, 0.25) is 0 Å². The van der Waals surface area contributed by atoms with E-state index in [2.05, 4.69) is 62.2 Å². The first-order valence-electron chi connectivity index (χ1n) is 7.23. The van der Waals surface area contributed by atoms with E-state index < -0.39 is 0 Å². The minimum atomic E-state index is 0.479. The Morgan fingerprint density at radius 1 is 1.10 bits per heavy atom. The number of halogens is 1. The Balaban J connectivity index is 1.83. The third-order valence-electron chi connectivity index (χ3n) is 3.99. The van der Waals surface area contributed by atoms with Gasteiger partial charge in [0.25, 0.3) is 0 Å². The number of hydrogen-bond donors (Lipinski definition) is 0. The molecule has 0 aliphatic carbocycles. The smallest absolute Gasteiger partial charge is 0.110 e. The first kappa shape index (κ1) is 13.8. The van der Waals surface area contributed by atoms with Gasteiger partial charge in [-0.25, -0.2) is 4.98 Å². The second-order valence-corrected chi connectivity index (χ2v) is 6.10. The van der Waals surface area contributed by atoms with Gasteiger partial charge < -0.3 is 0 Å². The van der Waals surface area contributed by atoms with E-state index in [9.17, 15) is 0 Å². The van der Waals surface area contributed by atoms with Crippen LogP contribution in [-0.2, 0) is 6.54 Å². The van der Waals surface area contributed by atoms with E-state index >= 15 is 0 Å². The lowest BCUT2D eigenvalue weighted by Gasteiger charge is -2.36. The van der Waals surface area contributed by atoms with Crippen molar-refractivity contribution in [2.45, 2.75) is 31.8 Å². The van der Waals surface area contributed by atoms with Gasteiger partial charge in [0.1, 0.15) is 4.60 Å². The molecule has 0 unspecified atom stereocenters. The van der Waals surface area contributed by atoms with E-state index in [1.165, 1.54) is 36.9 Å². The molecule has 0 spiro atoms. The normalized spacial score (nSPS) is 19.9. The molecule has 1 fully saturated rings. The second kappa shape index (κ2) is 6.51. The van der Waals surface area contributed by atoms with Crippen LogP contribution in [0.3, 0.4) is 0 Å². The van der Waals surface area contributed by atoms with Gasteiger partial charge >= 0.3 is 0 Å². The SMILES string of the molecule is Brc1ncccc1[C@@H]1CCCCN1Cc1ccccc1. The molecule has 3 rings (SSSR count). The average Bonchev–Trinajstić information content (AvgIpc) is 2.50. The molecule has 3 heteroatoms. The third kappa shape index (κ3) is 3.10. The molecule has 2 nitrogen and oxygen atoms in total. The number of piperidine rings is 1. The summed E-state index contributed by atoms with van der Waals surface area (Å²) >= 11 is 3.61. The van der Waals surface area contributed by atoms with Gasteiger partial charge in [-0.05, 0) is 46.9 Å². The molecule has 104 valence electrons. The van der Waals surface area contributed by atoms with E-state index in [0.717, 1.165) is 11.1 Å². The fourth-order valence-electron chi connectivity index (χ4n) is 3.00. The number of rotatable bonds is 3. The molecular weight excluding hydrogens is 312 g/mol. The lowest BCUT2D eigenvalue weighted by molar-refractivity contribution is 0.139. The molecule has 0 amide bonds. The Kier molecular flexibility index (Phi) is 4.48. The van der Waals surface area contributed by atoms with Crippen LogP contribution >= 0.6 is 15.9 Å². The van der Waals surface area contributed by atoms with Crippen molar-refractivity contribution < 1.29 is 0 Å². The molecule has 1 saturated heterocycles. The molecule has 0 N–H and O–H groups in total. The minimum Gasteiger partial charge on any atom is -0.292 e. The Morgan fingerprint density at radius 3 is 2.75 bits per heavy atom. The Morgan fingerprint density at radius 2 is 1.95 bits per heavy atom. The lowest BCUT2D eigenvalue weighted by Crippen LogP contribution is -2.33. The number of aromatic nitrogens is 1. The predicted molar refractivity (Wildman–Crippen MR) is 85.4 cm³/mol. The van der Waals surface area contributed by atoms with Crippen LogP contribution in [0.15, 0.2) is 53.3 Å². The lowest BCUT2D eigenvalue weighted by atomic mass is 9.96. The maximum Gasteiger partial charge on any atom is 0.110 e. The highest BCUT2D eigenvalue weighted by Gasteiger charge is 2.25. The van der Waals surface area contributed by atoms with Crippen molar-refractivity contribution in [1.29, 1.82) is 0 Å². The van der Waals surface area contributed by atoms with E-state index in [0.29, 0.717) is 6.04 Å². The van der Waals surface area contributed by atoms with Crippen LogP contribution in [0.1, 0.15) is 36.4 Å². The van der Waals surface area contributed by atoms with Gasteiger partial charge in [0.15, 0.2) is 0 Å². The number of nitrogens with zero attached hydrogens (tertiary/aromatic N) is 2. The molecule has 1 aliphatic heterocycles. The minimum absolute atomic E-state index is 0.479. The Bertz CT molecular complexity index is 556. The summed E-state index contributed by atoms with van der Waals surface area (Å²) in [6, 6.07) is 15.5. The Labute approximate surface area is 129 Å². The van der Waals surface area contributed by atoms with E-state index in [4.69, 9.17) is 0 Å². The van der Waals surface area contributed by atoms with Crippen LogP contribution in [0.5, 0.6) is 0 Å². The molecule has 1 aliphatic rings. The van der Waals surface area contributed by atoms with Gasteiger partial charge in [-0.1, -0.05) is 42.8 Å². The van der Waals surface area contributed by atoms with Gasteiger partial charge in [0.2, 0.25) is 0 Å². The maximum absolute atomic E-state index is 4.39. The molecule has 2 heterocycles. The number of pyridine rings is 1. The molecule has 20 heavy (non-hydrogen) atoms. The second-order valence-electron chi connectivity index (χ2n) is 5.35. The van der Waals surface area contributed by atoms with Crippen LogP contribution in [0.4, 0.5) is 0 Å². The molecule has 1 aromatic heterocycles. The van der Waals surface area contributed by atoms with Gasteiger partial charge in [-0.2, -0.15) is 0 Å². The van der Waals surface area contributed by atoms with Crippen molar-refractivity contribution in [3.8, 4) is 0 Å². The number of likely N-dealkylation sites (tertiary alicyclic amines) is 1. The highest BCUT2D eigenvalue weighted by Crippen LogP contribution is 2.34. The first-order valence-corrected chi connectivity index (χ1v) is 8.02. The van der Waals surface area contributed by atoms with E-state index in [1.807, 2.05) is 12.3 Å². The van der Waals surface area contributed by atoms with Gasteiger partial charge in [0.05, 0.1) is 0 Å². The summed E-state index contributed by atoms with van der Waals surface area (Å²) in [4.78, 5) is 6.97.